The lowest BCUT2D eigenvalue weighted by atomic mass is 10.1. The molecule has 0 aliphatic carbocycles. The van der Waals surface area contributed by atoms with Crippen molar-refractivity contribution in [2.45, 2.75) is 19.3 Å². The number of aryl methyl sites for hydroxylation is 1. The van der Waals surface area contributed by atoms with Crippen molar-refractivity contribution in [1.29, 1.82) is 0 Å². The average Bonchev–Trinajstić information content (AvgIpc) is 2.54. The molecule has 120 valence electrons. The minimum absolute atomic E-state index is 0.0694. The first kappa shape index (κ1) is 16.7. The van der Waals surface area contributed by atoms with Gasteiger partial charge in [0, 0.05) is 17.7 Å². The Balaban J connectivity index is 2.01. The average molecular weight is 312 g/mol. The van der Waals surface area contributed by atoms with Crippen LogP contribution in [0.15, 0.2) is 48.5 Å². The molecule has 0 saturated heterocycles. The zero-order valence-electron chi connectivity index (χ0n) is 12.8. The zero-order chi connectivity index (χ0) is 16.7. The lowest BCUT2D eigenvalue weighted by Gasteiger charge is -2.08. The van der Waals surface area contributed by atoms with E-state index in [9.17, 15) is 9.59 Å². The first-order chi connectivity index (χ1) is 11.1. The van der Waals surface area contributed by atoms with Gasteiger partial charge in [-0.2, -0.15) is 0 Å². The number of carbonyl (C=O) groups is 2. The van der Waals surface area contributed by atoms with Gasteiger partial charge in [-0.15, -0.1) is 0 Å². The molecule has 0 spiro atoms. The maximum Gasteiger partial charge on any atom is 0.303 e. The summed E-state index contributed by atoms with van der Waals surface area (Å²) in [5.41, 5.74) is 8.70. The Labute approximate surface area is 135 Å². The van der Waals surface area contributed by atoms with E-state index in [0.717, 1.165) is 17.5 Å². The van der Waals surface area contributed by atoms with Crippen molar-refractivity contribution in [1.82, 2.24) is 0 Å². The quantitative estimate of drug-likeness (QED) is 0.732. The summed E-state index contributed by atoms with van der Waals surface area (Å²) in [6.45, 7) is 0.578. The molecule has 0 saturated carbocycles. The van der Waals surface area contributed by atoms with Crippen molar-refractivity contribution in [3.8, 4) is 0 Å². The number of rotatable bonds is 7. The third-order valence-electron chi connectivity index (χ3n) is 3.46. The Hall–Kier alpha value is -2.66. The number of aliphatic carboxylic acids is 1. The highest BCUT2D eigenvalue weighted by Gasteiger charge is 2.07. The van der Waals surface area contributed by atoms with Crippen LogP contribution in [0.1, 0.15) is 27.9 Å². The van der Waals surface area contributed by atoms with Crippen molar-refractivity contribution in [3.63, 3.8) is 0 Å². The van der Waals surface area contributed by atoms with E-state index < -0.39 is 5.97 Å². The summed E-state index contributed by atoms with van der Waals surface area (Å²) < 4.78 is 0. The number of benzene rings is 2. The van der Waals surface area contributed by atoms with E-state index >= 15 is 0 Å². The van der Waals surface area contributed by atoms with Gasteiger partial charge in [-0.25, -0.2) is 0 Å². The molecule has 2 rings (SSSR count). The maximum absolute atomic E-state index is 12.2. The number of carbonyl (C=O) groups excluding carboxylic acids is 1. The summed E-state index contributed by atoms with van der Waals surface area (Å²) in [7, 11) is 0. The molecule has 2 aromatic carbocycles. The van der Waals surface area contributed by atoms with Crippen LogP contribution in [0.3, 0.4) is 0 Å². The lowest BCUT2D eigenvalue weighted by molar-refractivity contribution is -0.136. The maximum atomic E-state index is 12.2. The summed E-state index contributed by atoms with van der Waals surface area (Å²) in [6, 6.07) is 14.6. The van der Waals surface area contributed by atoms with E-state index in [0.29, 0.717) is 24.2 Å². The third kappa shape index (κ3) is 5.23. The van der Waals surface area contributed by atoms with Crippen LogP contribution in [-0.2, 0) is 17.6 Å². The molecule has 5 nitrogen and oxygen atoms in total. The van der Waals surface area contributed by atoms with Crippen LogP contribution < -0.4 is 11.1 Å². The molecule has 0 heterocycles. The number of carboxylic acids is 1. The second-order valence-electron chi connectivity index (χ2n) is 5.28. The molecule has 23 heavy (non-hydrogen) atoms. The molecule has 1 amide bonds. The number of hydrogen-bond acceptors (Lipinski definition) is 3. The Bertz CT molecular complexity index is 681. The fraction of sp³-hybridized carbons (Fsp3) is 0.222. The SMILES string of the molecule is NCCc1ccc(C(=O)Nc2cccc(CCC(=O)O)c2)cc1. The van der Waals surface area contributed by atoms with Gasteiger partial charge in [0.2, 0.25) is 0 Å². The molecule has 5 heteroatoms. The van der Waals surface area contributed by atoms with Gasteiger partial charge in [-0.1, -0.05) is 24.3 Å². The highest BCUT2D eigenvalue weighted by atomic mass is 16.4. The zero-order valence-corrected chi connectivity index (χ0v) is 12.8. The minimum atomic E-state index is -0.836. The fourth-order valence-electron chi connectivity index (χ4n) is 2.25. The van der Waals surface area contributed by atoms with Gasteiger partial charge in [0.05, 0.1) is 0 Å². The van der Waals surface area contributed by atoms with Gasteiger partial charge < -0.3 is 16.2 Å². The summed E-state index contributed by atoms with van der Waals surface area (Å²) in [4.78, 5) is 22.8. The van der Waals surface area contributed by atoms with Crippen LogP contribution >= 0.6 is 0 Å². The standard InChI is InChI=1S/C18H20N2O3/c19-11-10-13-4-7-15(8-5-13)18(23)20-16-3-1-2-14(12-16)6-9-17(21)22/h1-5,7-8,12H,6,9-11,19H2,(H,20,23)(H,21,22). The van der Waals surface area contributed by atoms with E-state index in [2.05, 4.69) is 5.32 Å². The summed E-state index contributed by atoms with van der Waals surface area (Å²) in [6.07, 6.45) is 1.29. The number of anilines is 1. The number of carboxylic acid groups (broad SMARTS) is 1. The van der Waals surface area contributed by atoms with Crippen LogP contribution in [0, 0.1) is 0 Å². The molecule has 0 fully saturated rings. The molecular weight excluding hydrogens is 292 g/mol. The van der Waals surface area contributed by atoms with E-state index in [4.69, 9.17) is 10.8 Å². The molecule has 0 aliphatic heterocycles. The molecule has 0 unspecified atom stereocenters. The van der Waals surface area contributed by atoms with E-state index in [1.807, 2.05) is 18.2 Å². The number of nitrogens with one attached hydrogen (secondary N) is 1. The predicted octanol–water partition coefficient (Wildman–Crippen LogP) is 2.46. The van der Waals surface area contributed by atoms with Crippen molar-refractivity contribution in [3.05, 3.63) is 65.2 Å². The molecule has 2 aromatic rings. The molecule has 0 aliphatic rings. The van der Waals surface area contributed by atoms with Gasteiger partial charge in [0.25, 0.3) is 5.91 Å². The molecule has 0 atom stereocenters. The monoisotopic (exact) mass is 312 g/mol. The predicted molar refractivity (Wildman–Crippen MR) is 89.6 cm³/mol. The number of nitrogens with two attached hydrogens (primary N) is 1. The smallest absolute Gasteiger partial charge is 0.303 e. The molecular formula is C18H20N2O3. The lowest BCUT2D eigenvalue weighted by Crippen LogP contribution is -2.12. The fourth-order valence-corrected chi connectivity index (χ4v) is 2.25. The Morgan fingerprint density at radius 2 is 1.74 bits per heavy atom. The summed E-state index contributed by atoms with van der Waals surface area (Å²) in [5, 5.41) is 11.5. The van der Waals surface area contributed by atoms with Gasteiger partial charge in [-0.3, -0.25) is 9.59 Å². The molecule has 0 bridgehead atoms. The topological polar surface area (TPSA) is 92.4 Å². The van der Waals surface area contributed by atoms with Crippen molar-refractivity contribution in [2.24, 2.45) is 5.73 Å². The number of hydrogen-bond donors (Lipinski definition) is 3. The molecule has 4 N–H and O–H groups in total. The van der Waals surface area contributed by atoms with Crippen LogP contribution in [0.2, 0.25) is 0 Å². The Morgan fingerprint density at radius 1 is 1.00 bits per heavy atom. The van der Waals surface area contributed by atoms with Crippen molar-refractivity contribution < 1.29 is 14.7 Å². The first-order valence-corrected chi connectivity index (χ1v) is 7.49. The Kier molecular flexibility index (Phi) is 5.88. The highest BCUT2D eigenvalue weighted by Crippen LogP contribution is 2.14. The van der Waals surface area contributed by atoms with Gasteiger partial charge >= 0.3 is 5.97 Å². The number of amides is 1. The second kappa shape index (κ2) is 8.10. The van der Waals surface area contributed by atoms with Crippen LogP contribution in [-0.4, -0.2) is 23.5 Å². The van der Waals surface area contributed by atoms with Crippen LogP contribution in [0.4, 0.5) is 5.69 Å². The minimum Gasteiger partial charge on any atom is -0.481 e. The van der Waals surface area contributed by atoms with Gasteiger partial charge in [-0.05, 0) is 54.8 Å². The molecule has 0 radical (unpaired) electrons. The van der Waals surface area contributed by atoms with Gasteiger partial charge in [0.15, 0.2) is 0 Å². The van der Waals surface area contributed by atoms with Crippen LogP contribution in [0.5, 0.6) is 0 Å². The van der Waals surface area contributed by atoms with E-state index in [-0.39, 0.29) is 12.3 Å². The van der Waals surface area contributed by atoms with E-state index in [1.54, 1.807) is 30.3 Å². The largest absolute Gasteiger partial charge is 0.481 e. The second-order valence-corrected chi connectivity index (χ2v) is 5.28. The van der Waals surface area contributed by atoms with Gasteiger partial charge in [0.1, 0.15) is 0 Å². The third-order valence-corrected chi connectivity index (χ3v) is 3.46. The van der Waals surface area contributed by atoms with Crippen molar-refractivity contribution in [2.75, 3.05) is 11.9 Å². The van der Waals surface area contributed by atoms with Crippen molar-refractivity contribution >= 4 is 17.6 Å². The first-order valence-electron chi connectivity index (χ1n) is 7.49. The van der Waals surface area contributed by atoms with Crippen LogP contribution in [0.25, 0.3) is 0 Å². The summed E-state index contributed by atoms with van der Waals surface area (Å²) >= 11 is 0. The highest BCUT2D eigenvalue weighted by molar-refractivity contribution is 6.04. The molecule has 0 aromatic heterocycles. The normalized spacial score (nSPS) is 10.3. The Morgan fingerprint density at radius 3 is 2.39 bits per heavy atom. The van der Waals surface area contributed by atoms with E-state index in [1.165, 1.54) is 0 Å². The summed E-state index contributed by atoms with van der Waals surface area (Å²) in [5.74, 6) is -1.03.